The molecular weight excluding hydrogens is 216 g/mol. The largest absolute Gasteiger partial charge is 0.414 e. The Morgan fingerprint density at radius 1 is 1.31 bits per heavy atom. The molecule has 0 heterocycles. The lowest BCUT2D eigenvalue weighted by Gasteiger charge is -2.39. The zero-order chi connectivity index (χ0) is 12.2. The van der Waals surface area contributed by atoms with E-state index in [1.807, 2.05) is 0 Å². The molecule has 16 heavy (non-hydrogen) atoms. The molecule has 2 aliphatic carbocycles. The Morgan fingerprint density at radius 3 is 2.38 bits per heavy atom. The topological polar surface area (TPSA) is 26.3 Å². The van der Waals surface area contributed by atoms with Crippen molar-refractivity contribution in [1.29, 1.82) is 0 Å². The third-order valence-corrected chi connectivity index (χ3v) is 9.47. The van der Waals surface area contributed by atoms with Crippen molar-refractivity contribution in [2.45, 2.75) is 64.3 Å². The molecule has 2 nitrogen and oxygen atoms in total. The number of aldehydes is 1. The van der Waals surface area contributed by atoms with Crippen LogP contribution < -0.4 is 0 Å². The van der Waals surface area contributed by atoms with Crippen molar-refractivity contribution >= 4 is 14.6 Å². The Hall–Kier alpha value is -0.153. The van der Waals surface area contributed by atoms with Crippen molar-refractivity contribution in [2.24, 2.45) is 11.3 Å². The molecule has 0 radical (unpaired) electrons. The minimum absolute atomic E-state index is 0.0348. The normalized spacial score (nSPS) is 38.3. The second kappa shape index (κ2) is 3.42. The van der Waals surface area contributed by atoms with E-state index < -0.39 is 8.32 Å². The number of carbonyl (C=O) groups is 1. The summed E-state index contributed by atoms with van der Waals surface area (Å²) in [6.07, 6.45) is 4.75. The molecule has 2 rings (SSSR count). The number of rotatable bonds is 3. The Labute approximate surface area is 99.9 Å². The summed E-state index contributed by atoms with van der Waals surface area (Å²) in [5.41, 5.74) is 0.0348. The average Bonchev–Trinajstić information content (AvgIpc) is 2.67. The quantitative estimate of drug-likeness (QED) is 0.558. The number of hydrogen-bond acceptors (Lipinski definition) is 2. The SMILES string of the molecule is CC(C)(C)[Si](C)(C)O[C@@H]1C[C@H]2C[C@@]2(C=O)C1. The molecule has 0 spiro atoms. The lowest BCUT2D eigenvalue weighted by atomic mass is 10.1. The van der Waals surface area contributed by atoms with Gasteiger partial charge in [-0.25, -0.2) is 0 Å². The Kier molecular flexibility index (Phi) is 2.63. The minimum atomic E-state index is -1.64. The van der Waals surface area contributed by atoms with Gasteiger partial charge in [0.05, 0.1) is 0 Å². The molecule has 3 heteroatoms. The lowest BCUT2D eigenvalue weighted by Crippen LogP contribution is -2.43. The molecule has 0 bridgehead atoms. The molecular formula is C13H24O2Si. The fourth-order valence-corrected chi connectivity index (χ4v) is 4.03. The van der Waals surface area contributed by atoms with Crippen LogP contribution in [-0.2, 0) is 9.22 Å². The first-order valence-corrected chi connectivity index (χ1v) is 9.25. The third-order valence-electron chi connectivity index (χ3n) is 4.94. The molecule has 0 N–H and O–H groups in total. The molecule has 2 saturated carbocycles. The van der Waals surface area contributed by atoms with Crippen LogP contribution in [0.2, 0.25) is 18.1 Å². The van der Waals surface area contributed by atoms with Crippen molar-refractivity contribution in [3.63, 3.8) is 0 Å². The van der Waals surface area contributed by atoms with Gasteiger partial charge >= 0.3 is 0 Å². The predicted molar refractivity (Wildman–Crippen MR) is 67.9 cm³/mol. The highest BCUT2D eigenvalue weighted by atomic mass is 28.4. The molecule has 2 aliphatic rings. The first-order valence-electron chi connectivity index (χ1n) is 6.34. The summed E-state index contributed by atoms with van der Waals surface area (Å²) in [5, 5.41) is 0.272. The van der Waals surface area contributed by atoms with Crippen LogP contribution in [0.3, 0.4) is 0 Å². The third kappa shape index (κ3) is 1.88. The smallest absolute Gasteiger partial charge is 0.192 e. The second-order valence-electron chi connectivity index (χ2n) is 7.19. The molecule has 2 fully saturated rings. The zero-order valence-corrected chi connectivity index (χ0v) is 12.2. The van der Waals surface area contributed by atoms with Crippen molar-refractivity contribution in [1.82, 2.24) is 0 Å². The fourth-order valence-electron chi connectivity index (χ4n) is 2.67. The first kappa shape index (κ1) is 12.3. The van der Waals surface area contributed by atoms with Crippen molar-refractivity contribution < 1.29 is 9.22 Å². The van der Waals surface area contributed by atoms with Crippen LogP contribution >= 0.6 is 0 Å². The van der Waals surface area contributed by atoms with Gasteiger partial charge in [-0.3, -0.25) is 0 Å². The first-order chi connectivity index (χ1) is 7.20. The standard InChI is InChI=1S/C13H24O2Si/c1-12(2,3)16(4,5)15-11-6-10-7-13(10,8-11)9-14/h9-11H,6-8H2,1-5H3/t10-,11+,13-/m0/s1. The maximum absolute atomic E-state index is 11.0. The predicted octanol–water partition coefficient (Wildman–Crippen LogP) is 3.38. The van der Waals surface area contributed by atoms with E-state index in [0.29, 0.717) is 12.0 Å². The van der Waals surface area contributed by atoms with Crippen molar-refractivity contribution in [2.75, 3.05) is 0 Å². The van der Waals surface area contributed by atoms with Crippen LogP contribution in [0.15, 0.2) is 0 Å². The summed E-state index contributed by atoms with van der Waals surface area (Å²) >= 11 is 0. The Balaban J connectivity index is 1.96. The van der Waals surface area contributed by atoms with E-state index in [4.69, 9.17) is 4.43 Å². The van der Waals surface area contributed by atoms with E-state index in [0.717, 1.165) is 19.3 Å². The maximum Gasteiger partial charge on any atom is 0.192 e. The van der Waals surface area contributed by atoms with Crippen LogP contribution in [0.1, 0.15) is 40.0 Å². The van der Waals surface area contributed by atoms with Gasteiger partial charge in [-0.05, 0) is 43.3 Å². The summed E-state index contributed by atoms with van der Waals surface area (Å²) in [7, 11) is -1.64. The highest BCUT2D eigenvalue weighted by Crippen LogP contribution is 2.63. The van der Waals surface area contributed by atoms with E-state index in [1.165, 1.54) is 6.29 Å². The number of hydrogen-bond donors (Lipinski definition) is 0. The Bertz CT molecular complexity index is 306. The second-order valence-corrected chi connectivity index (χ2v) is 11.9. The highest BCUT2D eigenvalue weighted by Gasteiger charge is 2.61. The molecule has 0 aromatic rings. The van der Waals surface area contributed by atoms with Gasteiger partial charge in [0, 0.05) is 11.5 Å². The molecule has 0 aromatic heterocycles. The van der Waals surface area contributed by atoms with Crippen LogP contribution in [0.4, 0.5) is 0 Å². The molecule has 0 aliphatic heterocycles. The average molecular weight is 240 g/mol. The van der Waals surface area contributed by atoms with Crippen LogP contribution in [-0.4, -0.2) is 20.7 Å². The van der Waals surface area contributed by atoms with E-state index in [1.54, 1.807) is 0 Å². The van der Waals surface area contributed by atoms with Gasteiger partial charge in [0.25, 0.3) is 0 Å². The summed E-state index contributed by atoms with van der Waals surface area (Å²) in [6.45, 7) is 11.4. The van der Waals surface area contributed by atoms with Crippen LogP contribution in [0.5, 0.6) is 0 Å². The number of carbonyl (C=O) groups excluding carboxylic acids is 1. The van der Waals surface area contributed by atoms with Gasteiger partial charge in [-0.15, -0.1) is 0 Å². The monoisotopic (exact) mass is 240 g/mol. The van der Waals surface area contributed by atoms with Crippen molar-refractivity contribution in [3.05, 3.63) is 0 Å². The van der Waals surface area contributed by atoms with Gasteiger partial charge in [0.1, 0.15) is 6.29 Å². The minimum Gasteiger partial charge on any atom is -0.414 e. The summed E-state index contributed by atoms with van der Waals surface area (Å²) in [4.78, 5) is 11.0. The van der Waals surface area contributed by atoms with Gasteiger partial charge < -0.3 is 9.22 Å². The van der Waals surface area contributed by atoms with Crippen LogP contribution in [0, 0.1) is 11.3 Å². The van der Waals surface area contributed by atoms with E-state index in [2.05, 4.69) is 33.9 Å². The number of fused-ring (bicyclic) bond motifs is 1. The summed E-state index contributed by atoms with van der Waals surface area (Å²) in [6, 6.07) is 0. The van der Waals surface area contributed by atoms with E-state index in [9.17, 15) is 4.79 Å². The lowest BCUT2D eigenvalue weighted by molar-refractivity contribution is -0.112. The molecule has 0 unspecified atom stereocenters. The van der Waals surface area contributed by atoms with Gasteiger partial charge in [-0.2, -0.15) is 0 Å². The molecule has 0 aromatic carbocycles. The van der Waals surface area contributed by atoms with Crippen LogP contribution in [0.25, 0.3) is 0 Å². The molecule has 3 atom stereocenters. The van der Waals surface area contributed by atoms with Gasteiger partial charge in [0.15, 0.2) is 8.32 Å². The summed E-state index contributed by atoms with van der Waals surface area (Å²) < 4.78 is 6.37. The van der Waals surface area contributed by atoms with Crippen molar-refractivity contribution in [3.8, 4) is 0 Å². The zero-order valence-electron chi connectivity index (χ0n) is 11.2. The van der Waals surface area contributed by atoms with Gasteiger partial charge in [-0.1, -0.05) is 20.8 Å². The molecule has 0 saturated heterocycles. The molecule has 0 amide bonds. The maximum atomic E-state index is 11.0. The van der Waals surface area contributed by atoms with E-state index in [-0.39, 0.29) is 10.5 Å². The molecule has 92 valence electrons. The summed E-state index contributed by atoms with van der Waals surface area (Å²) in [5.74, 6) is 0.639. The van der Waals surface area contributed by atoms with Gasteiger partial charge in [0.2, 0.25) is 0 Å². The fraction of sp³-hybridized carbons (Fsp3) is 0.923. The highest BCUT2D eigenvalue weighted by molar-refractivity contribution is 6.74. The van der Waals surface area contributed by atoms with E-state index >= 15 is 0 Å². The Morgan fingerprint density at radius 2 is 1.94 bits per heavy atom.